The number of nitrogens with zero attached hydrogens (tertiary/aromatic N) is 3. The number of H-pyrrole nitrogens is 1. The van der Waals surface area contributed by atoms with Crippen LogP contribution in [0.1, 0.15) is 51.8 Å². The molecule has 0 spiro atoms. The van der Waals surface area contributed by atoms with Gasteiger partial charge in [0.15, 0.2) is 0 Å². The lowest BCUT2D eigenvalue weighted by Crippen LogP contribution is -2.38. The molecule has 0 unspecified atom stereocenters. The molecule has 7 heteroatoms. The summed E-state index contributed by atoms with van der Waals surface area (Å²) in [6.45, 7) is 0.681. The van der Waals surface area contributed by atoms with E-state index in [4.69, 9.17) is 5.73 Å². The number of piperidine rings is 1. The monoisotopic (exact) mass is 337 g/mol. The summed E-state index contributed by atoms with van der Waals surface area (Å²) in [5, 5.41) is 6.82. The second-order valence-electron chi connectivity index (χ2n) is 6.34. The first-order valence-corrected chi connectivity index (χ1v) is 8.36. The van der Waals surface area contributed by atoms with E-state index in [9.17, 15) is 9.59 Å². The second kappa shape index (κ2) is 6.08. The van der Waals surface area contributed by atoms with Crippen molar-refractivity contribution >= 4 is 17.3 Å². The summed E-state index contributed by atoms with van der Waals surface area (Å²) in [6.07, 6.45) is 6.60. The first-order chi connectivity index (χ1) is 12.1. The Morgan fingerprint density at radius 3 is 2.88 bits per heavy atom. The Labute approximate surface area is 144 Å². The highest BCUT2D eigenvalue weighted by atomic mass is 16.2. The van der Waals surface area contributed by atoms with Crippen LogP contribution in [0.25, 0.3) is 5.52 Å². The fourth-order valence-corrected chi connectivity index (χ4v) is 3.47. The summed E-state index contributed by atoms with van der Waals surface area (Å²) in [5.41, 5.74) is 7.88. The van der Waals surface area contributed by atoms with Gasteiger partial charge in [0.2, 0.25) is 0 Å². The summed E-state index contributed by atoms with van der Waals surface area (Å²) in [4.78, 5) is 26.2. The molecule has 4 heterocycles. The van der Waals surface area contributed by atoms with Crippen molar-refractivity contribution in [3.63, 3.8) is 0 Å². The number of amides is 2. The first kappa shape index (κ1) is 15.4. The number of rotatable bonds is 3. The molecule has 3 aromatic heterocycles. The zero-order valence-corrected chi connectivity index (χ0v) is 13.7. The molecule has 25 heavy (non-hydrogen) atoms. The lowest BCUT2D eigenvalue weighted by molar-refractivity contribution is 0.0606. The van der Waals surface area contributed by atoms with Gasteiger partial charge in [-0.05, 0) is 43.5 Å². The summed E-state index contributed by atoms with van der Waals surface area (Å²) in [7, 11) is 0. The number of likely N-dealkylation sites (tertiary alicyclic amines) is 1. The molecular weight excluding hydrogens is 318 g/mol. The van der Waals surface area contributed by atoms with Gasteiger partial charge in [-0.25, -0.2) is 0 Å². The van der Waals surface area contributed by atoms with E-state index in [0.29, 0.717) is 12.1 Å². The zero-order chi connectivity index (χ0) is 17.4. The van der Waals surface area contributed by atoms with Gasteiger partial charge in [-0.3, -0.25) is 14.7 Å². The van der Waals surface area contributed by atoms with Gasteiger partial charge < -0.3 is 15.0 Å². The maximum atomic E-state index is 13.1. The summed E-state index contributed by atoms with van der Waals surface area (Å²) < 4.78 is 1.94. The number of primary amides is 1. The molecule has 128 valence electrons. The van der Waals surface area contributed by atoms with Crippen LogP contribution in [-0.2, 0) is 0 Å². The van der Waals surface area contributed by atoms with Crippen LogP contribution in [0.3, 0.4) is 0 Å². The highest BCUT2D eigenvalue weighted by molar-refractivity contribution is 5.96. The predicted octanol–water partition coefficient (Wildman–Crippen LogP) is 2.13. The molecule has 4 rings (SSSR count). The third-order valence-corrected chi connectivity index (χ3v) is 4.72. The van der Waals surface area contributed by atoms with Gasteiger partial charge in [-0.1, -0.05) is 6.07 Å². The minimum absolute atomic E-state index is 0.0105. The number of hydrogen-bond donors (Lipinski definition) is 2. The van der Waals surface area contributed by atoms with E-state index in [2.05, 4.69) is 10.2 Å². The predicted molar refractivity (Wildman–Crippen MR) is 92.1 cm³/mol. The molecule has 3 N–H and O–H groups in total. The van der Waals surface area contributed by atoms with Crippen molar-refractivity contribution in [2.75, 3.05) is 6.54 Å². The normalized spacial score (nSPS) is 17.8. The van der Waals surface area contributed by atoms with Crippen LogP contribution in [0.5, 0.6) is 0 Å². The van der Waals surface area contributed by atoms with Crippen molar-refractivity contribution in [2.45, 2.75) is 25.3 Å². The molecule has 1 saturated heterocycles. The Bertz CT molecular complexity index is 909. The minimum Gasteiger partial charge on any atom is -0.364 e. The third kappa shape index (κ3) is 2.77. The number of fused-ring (bicyclic) bond motifs is 1. The number of nitrogens with two attached hydrogens (primary N) is 1. The maximum Gasteiger partial charge on any atom is 0.269 e. The minimum atomic E-state index is -0.574. The standard InChI is InChI=1S/C18H19N5O2/c19-17(24)15-10-14(20-21-15)16-6-2-4-8-23(16)18(25)12-9-13-5-1-3-7-22(13)11-12/h1,3,5,7,9-11,16H,2,4,6,8H2,(H2,19,24)(H,20,21)/t16-/m1/s1. The Morgan fingerprint density at radius 2 is 2.12 bits per heavy atom. The van der Waals surface area contributed by atoms with Crippen molar-refractivity contribution in [3.05, 3.63) is 59.7 Å². The van der Waals surface area contributed by atoms with Crippen LogP contribution in [0.15, 0.2) is 42.7 Å². The van der Waals surface area contributed by atoms with E-state index in [-0.39, 0.29) is 17.6 Å². The number of hydrogen-bond acceptors (Lipinski definition) is 3. The number of carbonyl (C=O) groups excluding carboxylic acids is 2. The van der Waals surface area contributed by atoms with Crippen molar-refractivity contribution in [3.8, 4) is 0 Å². The maximum absolute atomic E-state index is 13.1. The van der Waals surface area contributed by atoms with Crippen LogP contribution in [0, 0.1) is 0 Å². The van der Waals surface area contributed by atoms with E-state index < -0.39 is 5.91 Å². The molecular formula is C18H19N5O2. The molecule has 0 radical (unpaired) electrons. The highest BCUT2D eigenvalue weighted by Crippen LogP contribution is 2.31. The molecule has 0 aliphatic carbocycles. The van der Waals surface area contributed by atoms with Crippen molar-refractivity contribution in [1.29, 1.82) is 0 Å². The molecule has 0 bridgehead atoms. The van der Waals surface area contributed by atoms with E-state index in [0.717, 1.165) is 30.5 Å². The topological polar surface area (TPSA) is 96.5 Å². The largest absolute Gasteiger partial charge is 0.364 e. The van der Waals surface area contributed by atoms with Crippen LogP contribution in [-0.4, -0.2) is 37.9 Å². The molecule has 3 aromatic rings. The number of carbonyl (C=O) groups is 2. The van der Waals surface area contributed by atoms with Crippen LogP contribution in [0.4, 0.5) is 0 Å². The number of pyridine rings is 1. The van der Waals surface area contributed by atoms with E-state index >= 15 is 0 Å². The number of nitrogens with one attached hydrogen (secondary N) is 1. The van der Waals surface area contributed by atoms with Crippen molar-refractivity contribution in [2.24, 2.45) is 5.73 Å². The SMILES string of the molecule is NC(=O)c1cc([C@H]2CCCCN2C(=O)c2cc3ccccn3c2)[nH]n1. The van der Waals surface area contributed by atoms with E-state index in [1.165, 1.54) is 0 Å². The second-order valence-corrected chi connectivity index (χ2v) is 6.34. The van der Waals surface area contributed by atoms with Gasteiger partial charge in [0.05, 0.1) is 17.3 Å². The zero-order valence-electron chi connectivity index (χ0n) is 13.7. The molecule has 1 aliphatic rings. The molecule has 1 aliphatic heterocycles. The molecule has 0 aromatic carbocycles. The quantitative estimate of drug-likeness (QED) is 0.766. The van der Waals surface area contributed by atoms with Gasteiger partial charge >= 0.3 is 0 Å². The van der Waals surface area contributed by atoms with E-state index in [1.807, 2.05) is 46.0 Å². The highest BCUT2D eigenvalue weighted by Gasteiger charge is 2.30. The molecule has 1 fully saturated rings. The average Bonchev–Trinajstić information content (AvgIpc) is 3.28. The van der Waals surface area contributed by atoms with Gasteiger partial charge in [-0.15, -0.1) is 0 Å². The molecule has 7 nitrogen and oxygen atoms in total. The summed E-state index contributed by atoms with van der Waals surface area (Å²) in [6, 6.07) is 9.28. The lowest BCUT2D eigenvalue weighted by Gasteiger charge is -2.34. The average molecular weight is 337 g/mol. The Morgan fingerprint density at radius 1 is 1.24 bits per heavy atom. The molecule has 1 atom stereocenters. The van der Waals surface area contributed by atoms with Gasteiger partial charge in [0.1, 0.15) is 5.69 Å². The summed E-state index contributed by atoms with van der Waals surface area (Å²) in [5.74, 6) is -0.585. The third-order valence-electron chi connectivity index (χ3n) is 4.72. The van der Waals surface area contributed by atoms with Crippen molar-refractivity contribution < 1.29 is 9.59 Å². The Kier molecular flexibility index (Phi) is 3.76. The van der Waals surface area contributed by atoms with Crippen molar-refractivity contribution in [1.82, 2.24) is 19.5 Å². The lowest BCUT2D eigenvalue weighted by atomic mass is 9.98. The Hall–Kier alpha value is -3.09. The fraction of sp³-hybridized carbons (Fsp3) is 0.278. The fourth-order valence-electron chi connectivity index (χ4n) is 3.47. The summed E-state index contributed by atoms with van der Waals surface area (Å²) >= 11 is 0. The van der Waals surface area contributed by atoms with Gasteiger partial charge in [0, 0.05) is 24.5 Å². The van der Waals surface area contributed by atoms with E-state index in [1.54, 1.807) is 6.07 Å². The Balaban J connectivity index is 1.65. The van der Waals surface area contributed by atoms with Crippen LogP contribution in [0.2, 0.25) is 0 Å². The van der Waals surface area contributed by atoms with Gasteiger partial charge in [-0.2, -0.15) is 5.10 Å². The first-order valence-electron chi connectivity index (χ1n) is 8.36. The molecule has 0 saturated carbocycles. The van der Waals surface area contributed by atoms with Crippen LogP contribution < -0.4 is 5.73 Å². The van der Waals surface area contributed by atoms with Crippen LogP contribution >= 0.6 is 0 Å². The molecule has 2 amide bonds. The number of aromatic amines is 1. The van der Waals surface area contributed by atoms with Gasteiger partial charge in [0.25, 0.3) is 11.8 Å². The number of aromatic nitrogens is 3. The smallest absolute Gasteiger partial charge is 0.269 e.